The summed E-state index contributed by atoms with van der Waals surface area (Å²) in [7, 11) is -3.96. The lowest BCUT2D eigenvalue weighted by Gasteiger charge is -2.09. The fourth-order valence-electron chi connectivity index (χ4n) is 4.13. The van der Waals surface area contributed by atoms with Crippen molar-refractivity contribution in [2.75, 3.05) is 4.72 Å². The maximum atomic E-state index is 14.9. The van der Waals surface area contributed by atoms with E-state index in [0.717, 1.165) is 22.4 Å². The number of aromatic nitrogens is 2. The minimum atomic E-state index is -3.96. The normalized spacial score (nSPS) is 17.5. The Hall–Kier alpha value is -3.36. The zero-order valence-corrected chi connectivity index (χ0v) is 19.4. The SMILES string of the molecule is O=C(Cc1ccc2cncc(Cl)c2c1)[C@@H]1CC1c1ccc(S(=O)(=O)Nc2cccnc2)cc1F. The Bertz CT molecular complexity index is 1510. The monoisotopic (exact) mass is 495 g/mol. The van der Waals surface area contributed by atoms with Gasteiger partial charge in [0, 0.05) is 41.7 Å². The lowest BCUT2D eigenvalue weighted by atomic mass is 10.0. The van der Waals surface area contributed by atoms with E-state index in [9.17, 15) is 17.6 Å². The van der Waals surface area contributed by atoms with Crippen LogP contribution < -0.4 is 4.72 Å². The Morgan fingerprint density at radius 1 is 1.09 bits per heavy atom. The van der Waals surface area contributed by atoms with E-state index < -0.39 is 15.8 Å². The van der Waals surface area contributed by atoms with Gasteiger partial charge in [0.2, 0.25) is 0 Å². The van der Waals surface area contributed by atoms with Crippen LogP contribution in [0, 0.1) is 11.7 Å². The predicted molar refractivity (Wildman–Crippen MR) is 128 cm³/mol. The second-order valence-corrected chi connectivity index (χ2v) is 10.4. The third kappa shape index (κ3) is 4.51. The summed E-state index contributed by atoms with van der Waals surface area (Å²) < 4.78 is 42.4. The molecule has 0 radical (unpaired) electrons. The van der Waals surface area contributed by atoms with Crippen LogP contribution in [0.25, 0.3) is 10.8 Å². The van der Waals surface area contributed by atoms with E-state index in [4.69, 9.17) is 11.6 Å². The number of nitrogens with zero attached hydrogens (tertiary/aromatic N) is 2. The first-order valence-electron chi connectivity index (χ1n) is 10.6. The topological polar surface area (TPSA) is 89.0 Å². The molecule has 9 heteroatoms. The number of pyridine rings is 2. The molecule has 1 N–H and O–H groups in total. The zero-order chi connectivity index (χ0) is 23.9. The van der Waals surface area contributed by atoms with Crippen molar-refractivity contribution < 1.29 is 17.6 Å². The van der Waals surface area contributed by atoms with Gasteiger partial charge in [-0.3, -0.25) is 19.5 Å². The van der Waals surface area contributed by atoms with Crippen LogP contribution in [0.4, 0.5) is 10.1 Å². The molecule has 4 aromatic rings. The van der Waals surface area contributed by atoms with Gasteiger partial charge in [-0.25, -0.2) is 12.8 Å². The number of ketones is 1. The van der Waals surface area contributed by atoms with Crippen molar-refractivity contribution in [3.8, 4) is 0 Å². The van der Waals surface area contributed by atoms with Gasteiger partial charge in [0.15, 0.2) is 0 Å². The van der Waals surface area contributed by atoms with Gasteiger partial charge in [-0.1, -0.05) is 29.8 Å². The molecular formula is C25H19ClFN3O3S. The van der Waals surface area contributed by atoms with Gasteiger partial charge in [-0.15, -0.1) is 0 Å². The molecule has 0 saturated heterocycles. The molecule has 0 spiro atoms. The van der Waals surface area contributed by atoms with E-state index in [0.29, 0.717) is 17.0 Å². The number of nitrogens with one attached hydrogen (secondary N) is 1. The molecule has 34 heavy (non-hydrogen) atoms. The van der Waals surface area contributed by atoms with Crippen molar-refractivity contribution in [1.82, 2.24) is 9.97 Å². The van der Waals surface area contributed by atoms with Crippen LogP contribution in [0.1, 0.15) is 23.5 Å². The number of rotatable bonds is 7. The largest absolute Gasteiger partial charge is 0.299 e. The summed E-state index contributed by atoms with van der Waals surface area (Å²) in [5.74, 6) is -1.18. The molecule has 5 rings (SSSR count). The third-order valence-electron chi connectivity index (χ3n) is 5.95. The summed E-state index contributed by atoms with van der Waals surface area (Å²) >= 11 is 6.21. The molecule has 0 bridgehead atoms. The third-order valence-corrected chi connectivity index (χ3v) is 7.63. The van der Waals surface area contributed by atoms with Crippen molar-refractivity contribution in [3.63, 3.8) is 0 Å². The Labute approximate surface area is 200 Å². The summed E-state index contributed by atoms with van der Waals surface area (Å²) in [6.45, 7) is 0. The Kier molecular flexibility index (Phi) is 5.79. The summed E-state index contributed by atoms with van der Waals surface area (Å²) in [5.41, 5.74) is 1.47. The number of carbonyl (C=O) groups excluding carboxylic acids is 1. The van der Waals surface area contributed by atoms with Gasteiger partial charge in [-0.05, 0) is 53.8 Å². The molecule has 2 aromatic heterocycles. The number of benzene rings is 2. The lowest BCUT2D eigenvalue weighted by molar-refractivity contribution is -0.119. The Morgan fingerprint density at radius 3 is 2.71 bits per heavy atom. The molecule has 0 amide bonds. The Balaban J connectivity index is 1.29. The number of Topliss-reactive ketones (excluding diaryl/α,β-unsaturated/α-hetero) is 1. The van der Waals surface area contributed by atoms with Crippen LogP contribution in [0.15, 0.2) is 78.2 Å². The van der Waals surface area contributed by atoms with Crippen LogP contribution in [0.3, 0.4) is 0 Å². The van der Waals surface area contributed by atoms with E-state index in [1.807, 2.05) is 18.2 Å². The van der Waals surface area contributed by atoms with E-state index >= 15 is 0 Å². The number of halogens is 2. The average Bonchev–Trinajstić information content (AvgIpc) is 3.61. The van der Waals surface area contributed by atoms with Gasteiger partial charge in [0.1, 0.15) is 11.6 Å². The minimum absolute atomic E-state index is 0.0175. The highest BCUT2D eigenvalue weighted by molar-refractivity contribution is 7.92. The molecular weight excluding hydrogens is 477 g/mol. The first kappa shape index (κ1) is 22.4. The summed E-state index contributed by atoms with van der Waals surface area (Å²) in [4.78, 5) is 20.6. The van der Waals surface area contributed by atoms with E-state index in [1.54, 1.807) is 24.5 Å². The second-order valence-electron chi connectivity index (χ2n) is 8.30. The smallest absolute Gasteiger partial charge is 0.262 e. The first-order valence-corrected chi connectivity index (χ1v) is 12.4. The highest BCUT2D eigenvalue weighted by Crippen LogP contribution is 2.49. The summed E-state index contributed by atoms with van der Waals surface area (Å²) in [5, 5.41) is 2.24. The predicted octanol–water partition coefficient (Wildman–Crippen LogP) is 5.14. The van der Waals surface area contributed by atoms with Crippen molar-refractivity contribution in [2.24, 2.45) is 5.92 Å². The van der Waals surface area contributed by atoms with Crippen molar-refractivity contribution in [2.45, 2.75) is 23.7 Å². The number of hydrogen-bond acceptors (Lipinski definition) is 5. The minimum Gasteiger partial charge on any atom is -0.299 e. The average molecular weight is 496 g/mol. The quantitative estimate of drug-likeness (QED) is 0.383. The molecule has 172 valence electrons. The molecule has 2 atom stereocenters. The molecule has 1 aliphatic rings. The summed E-state index contributed by atoms with van der Waals surface area (Å²) in [6, 6.07) is 12.6. The fourth-order valence-corrected chi connectivity index (χ4v) is 5.40. The zero-order valence-electron chi connectivity index (χ0n) is 17.8. The van der Waals surface area contributed by atoms with Gasteiger partial charge in [0.05, 0.1) is 21.8 Å². The van der Waals surface area contributed by atoms with E-state index in [1.165, 1.54) is 24.5 Å². The van der Waals surface area contributed by atoms with Crippen LogP contribution in [-0.2, 0) is 21.2 Å². The van der Waals surface area contributed by atoms with Crippen LogP contribution in [0.5, 0.6) is 0 Å². The number of carbonyl (C=O) groups is 1. The maximum Gasteiger partial charge on any atom is 0.262 e. The number of fused-ring (bicyclic) bond motifs is 1. The van der Waals surface area contributed by atoms with Gasteiger partial charge in [0.25, 0.3) is 10.0 Å². The highest BCUT2D eigenvalue weighted by Gasteiger charge is 2.44. The maximum absolute atomic E-state index is 14.9. The molecule has 1 unspecified atom stereocenters. The number of anilines is 1. The molecule has 2 heterocycles. The van der Waals surface area contributed by atoms with Gasteiger partial charge < -0.3 is 0 Å². The van der Waals surface area contributed by atoms with E-state index in [2.05, 4.69) is 14.7 Å². The molecule has 1 aliphatic carbocycles. The molecule has 1 saturated carbocycles. The second kappa shape index (κ2) is 8.77. The van der Waals surface area contributed by atoms with E-state index in [-0.39, 0.29) is 34.6 Å². The Morgan fingerprint density at radius 2 is 1.94 bits per heavy atom. The van der Waals surface area contributed by atoms with Crippen molar-refractivity contribution >= 4 is 43.9 Å². The number of sulfonamides is 1. The van der Waals surface area contributed by atoms with Crippen molar-refractivity contribution in [1.29, 1.82) is 0 Å². The standard InChI is InChI=1S/C25H19ClFN3O3S/c26-23-14-29-12-16-4-3-15(8-20(16)23)9-25(31)22-11-21(22)19-6-5-18(10-24(19)27)34(32,33)30-17-2-1-7-28-13-17/h1-8,10,12-14,21-22,30H,9,11H2/t21?,22-/m1/s1. The lowest BCUT2D eigenvalue weighted by Crippen LogP contribution is -2.13. The van der Waals surface area contributed by atoms with Gasteiger partial charge >= 0.3 is 0 Å². The molecule has 0 aliphatic heterocycles. The van der Waals surface area contributed by atoms with Crippen molar-refractivity contribution in [3.05, 3.63) is 95.3 Å². The van der Waals surface area contributed by atoms with Crippen LogP contribution in [0.2, 0.25) is 5.02 Å². The molecule has 2 aromatic carbocycles. The highest BCUT2D eigenvalue weighted by atomic mass is 35.5. The molecule has 6 nitrogen and oxygen atoms in total. The summed E-state index contributed by atoms with van der Waals surface area (Å²) in [6.07, 6.45) is 6.91. The van der Waals surface area contributed by atoms with Crippen LogP contribution >= 0.6 is 11.6 Å². The number of hydrogen-bond donors (Lipinski definition) is 1. The molecule has 1 fully saturated rings. The first-order chi connectivity index (χ1) is 16.3. The fraction of sp³-hybridized carbons (Fsp3) is 0.160. The van der Waals surface area contributed by atoms with Gasteiger partial charge in [-0.2, -0.15) is 0 Å². The van der Waals surface area contributed by atoms with Crippen LogP contribution in [-0.4, -0.2) is 24.2 Å².